The minimum absolute atomic E-state index is 0.00456. The Morgan fingerprint density at radius 2 is 2.25 bits per heavy atom. The minimum atomic E-state index is -0.317. The van der Waals surface area contributed by atoms with Crippen LogP contribution in [-0.4, -0.2) is 16.4 Å². The molecule has 0 spiro atoms. The first-order valence-electron chi connectivity index (χ1n) is 3.73. The van der Waals surface area contributed by atoms with Gasteiger partial charge in [0.05, 0.1) is 0 Å². The average molecular weight is 287 g/mol. The summed E-state index contributed by atoms with van der Waals surface area (Å²) in [4.78, 5) is 15.1. The third kappa shape index (κ3) is 5.84. The Morgan fingerprint density at radius 1 is 1.58 bits per heavy atom. The molecule has 0 aliphatic rings. The van der Waals surface area contributed by atoms with E-state index in [1.165, 1.54) is 0 Å². The maximum Gasteiger partial charge on any atom is 0.211 e. The average Bonchev–Trinajstić information content (AvgIpc) is 2.03. The van der Waals surface area contributed by atoms with Crippen molar-refractivity contribution >= 4 is 26.4 Å². The maximum atomic E-state index is 10.9. The highest BCUT2D eigenvalue weighted by atomic mass is 127. The molecule has 0 amide bonds. The molecular formula is C6H14IN3O2. The van der Waals surface area contributed by atoms with Gasteiger partial charge in [-0.1, -0.05) is 6.42 Å². The Kier molecular flexibility index (Phi) is 8.02. The molecule has 0 rings (SSSR count). The first-order chi connectivity index (χ1) is 5.72. The number of hydrogen-bond donors (Lipinski definition) is 3. The van der Waals surface area contributed by atoms with E-state index in [2.05, 4.69) is 10.4 Å². The summed E-state index contributed by atoms with van der Waals surface area (Å²) in [5.41, 5.74) is 7.72. The highest BCUT2D eigenvalue weighted by Gasteiger charge is 2.14. The molecule has 0 saturated heterocycles. The molecule has 0 heterocycles. The number of carbonyl (C=O) groups excluding carboxylic acids is 1. The van der Waals surface area contributed by atoms with Crippen LogP contribution in [-0.2, 0) is 9.73 Å². The van der Waals surface area contributed by atoms with Crippen LogP contribution in [0.4, 0.5) is 0 Å². The van der Waals surface area contributed by atoms with Gasteiger partial charge in [-0.05, 0) is 19.4 Å². The molecule has 5 nitrogen and oxygen atoms in total. The Hall–Kier alpha value is 0.240. The van der Waals surface area contributed by atoms with E-state index in [0.29, 0.717) is 13.0 Å². The Balaban J connectivity index is 3.56. The fraction of sp³-hybridized carbons (Fsp3) is 0.833. The van der Waals surface area contributed by atoms with E-state index in [0.717, 1.165) is 12.8 Å². The third-order valence-electron chi connectivity index (χ3n) is 1.43. The highest BCUT2D eigenvalue weighted by Crippen LogP contribution is 2.04. The SMILES string of the molecule is NCCCC[C@H](NON)C(=O)I. The van der Waals surface area contributed by atoms with E-state index in [1.807, 2.05) is 0 Å². The van der Waals surface area contributed by atoms with Gasteiger partial charge in [-0.3, -0.25) is 4.79 Å². The molecule has 0 unspecified atom stereocenters. The van der Waals surface area contributed by atoms with Gasteiger partial charge in [0.25, 0.3) is 0 Å². The second-order valence-electron chi connectivity index (χ2n) is 2.38. The first kappa shape index (κ1) is 12.2. The number of unbranched alkanes of at least 4 members (excludes halogenated alkanes) is 1. The lowest BCUT2D eigenvalue weighted by molar-refractivity contribution is -0.115. The number of nitrogens with two attached hydrogens (primary N) is 2. The van der Waals surface area contributed by atoms with Gasteiger partial charge in [0.2, 0.25) is 3.79 Å². The van der Waals surface area contributed by atoms with Crippen LogP contribution < -0.4 is 17.1 Å². The van der Waals surface area contributed by atoms with Crippen LogP contribution in [0.25, 0.3) is 0 Å². The largest absolute Gasteiger partial charge is 0.330 e. The maximum absolute atomic E-state index is 10.9. The quantitative estimate of drug-likeness (QED) is 0.262. The molecule has 5 N–H and O–H groups in total. The van der Waals surface area contributed by atoms with Gasteiger partial charge < -0.3 is 5.73 Å². The molecule has 0 aliphatic heterocycles. The second kappa shape index (κ2) is 7.87. The van der Waals surface area contributed by atoms with Crippen molar-refractivity contribution in [3.63, 3.8) is 0 Å². The third-order valence-corrected chi connectivity index (χ3v) is 2.18. The van der Waals surface area contributed by atoms with Crippen molar-refractivity contribution in [3.8, 4) is 0 Å². The van der Waals surface area contributed by atoms with E-state index in [4.69, 9.17) is 11.6 Å². The van der Waals surface area contributed by atoms with Crippen molar-refractivity contribution in [1.29, 1.82) is 0 Å². The molecule has 0 aromatic heterocycles. The Labute approximate surface area is 85.2 Å². The number of hydrogen-bond acceptors (Lipinski definition) is 5. The van der Waals surface area contributed by atoms with Crippen LogP contribution in [0, 0.1) is 0 Å². The molecule has 0 fully saturated rings. The van der Waals surface area contributed by atoms with Crippen molar-refractivity contribution < 1.29 is 9.73 Å². The van der Waals surface area contributed by atoms with E-state index in [9.17, 15) is 4.79 Å². The summed E-state index contributed by atoms with van der Waals surface area (Å²) in [5.74, 6) is 4.78. The van der Waals surface area contributed by atoms with Gasteiger partial charge in [-0.2, -0.15) is 11.4 Å². The first-order valence-corrected chi connectivity index (χ1v) is 4.81. The van der Waals surface area contributed by atoms with Crippen LogP contribution in [0.5, 0.6) is 0 Å². The monoisotopic (exact) mass is 287 g/mol. The fourth-order valence-electron chi connectivity index (χ4n) is 0.794. The molecule has 12 heavy (non-hydrogen) atoms. The topological polar surface area (TPSA) is 90.4 Å². The van der Waals surface area contributed by atoms with Gasteiger partial charge in [-0.25, -0.2) is 4.94 Å². The number of rotatable bonds is 7. The predicted molar refractivity (Wildman–Crippen MR) is 54.1 cm³/mol. The standard InChI is InChI=1S/C6H14IN3O2/c7-6(11)5(10-12-9)3-1-2-4-8/h5,10H,1-4,8-9H2/t5-/m0/s1. The van der Waals surface area contributed by atoms with Crippen molar-refractivity contribution in [2.75, 3.05) is 6.54 Å². The molecule has 0 bridgehead atoms. The minimum Gasteiger partial charge on any atom is -0.330 e. The summed E-state index contributed by atoms with van der Waals surface area (Å²) in [6, 6.07) is -0.317. The molecule has 72 valence electrons. The van der Waals surface area contributed by atoms with Crippen molar-refractivity contribution in [3.05, 3.63) is 0 Å². The van der Waals surface area contributed by atoms with Gasteiger partial charge >= 0.3 is 0 Å². The van der Waals surface area contributed by atoms with Crippen LogP contribution >= 0.6 is 22.6 Å². The summed E-state index contributed by atoms with van der Waals surface area (Å²) in [6.45, 7) is 0.644. The Morgan fingerprint density at radius 3 is 2.67 bits per heavy atom. The lowest BCUT2D eigenvalue weighted by atomic mass is 10.1. The molecule has 6 heteroatoms. The van der Waals surface area contributed by atoms with Gasteiger partial charge in [-0.15, -0.1) is 0 Å². The predicted octanol–water partition coefficient (Wildman–Crippen LogP) is -0.160. The zero-order valence-electron chi connectivity index (χ0n) is 6.75. The highest BCUT2D eigenvalue weighted by molar-refractivity contribution is 14.1. The van der Waals surface area contributed by atoms with Crippen LogP contribution in [0.15, 0.2) is 0 Å². The van der Waals surface area contributed by atoms with Crippen molar-refractivity contribution in [2.45, 2.75) is 25.3 Å². The molecule has 0 aromatic carbocycles. The zero-order valence-corrected chi connectivity index (χ0v) is 8.91. The fourth-order valence-corrected chi connectivity index (χ4v) is 1.23. The summed E-state index contributed by atoms with van der Waals surface area (Å²) < 4.78 is -0.00456. The van der Waals surface area contributed by atoms with Crippen molar-refractivity contribution in [1.82, 2.24) is 5.48 Å². The summed E-state index contributed by atoms with van der Waals surface area (Å²) in [7, 11) is 0. The van der Waals surface area contributed by atoms with Crippen LogP contribution in [0.3, 0.4) is 0 Å². The molecular weight excluding hydrogens is 273 g/mol. The number of nitrogens with one attached hydrogen (secondary N) is 1. The smallest absolute Gasteiger partial charge is 0.211 e. The van der Waals surface area contributed by atoms with E-state index >= 15 is 0 Å². The van der Waals surface area contributed by atoms with Crippen molar-refractivity contribution in [2.24, 2.45) is 11.6 Å². The molecule has 0 aromatic rings. The number of hydroxylamine groups is 1. The lowest BCUT2D eigenvalue weighted by Crippen LogP contribution is -2.36. The molecule has 1 atom stereocenters. The number of carbonyl (C=O) groups is 1. The molecule has 0 radical (unpaired) electrons. The zero-order chi connectivity index (χ0) is 9.40. The summed E-state index contributed by atoms with van der Waals surface area (Å²) in [6.07, 6.45) is 2.51. The van der Waals surface area contributed by atoms with Crippen LogP contribution in [0.2, 0.25) is 0 Å². The summed E-state index contributed by atoms with van der Waals surface area (Å²) >= 11 is 1.71. The van der Waals surface area contributed by atoms with Gasteiger partial charge in [0, 0.05) is 22.6 Å². The number of halogens is 1. The molecule has 0 saturated carbocycles. The van der Waals surface area contributed by atoms with Gasteiger partial charge in [0.15, 0.2) is 0 Å². The van der Waals surface area contributed by atoms with Gasteiger partial charge in [0.1, 0.15) is 6.04 Å². The van der Waals surface area contributed by atoms with E-state index < -0.39 is 0 Å². The molecule has 0 aliphatic carbocycles. The Bertz CT molecular complexity index is 134. The van der Waals surface area contributed by atoms with E-state index in [1.54, 1.807) is 22.6 Å². The van der Waals surface area contributed by atoms with Crippen LogP contribution in [0.1, 0.15) is 19.3 Å². The normalized spacial score (nSPS) is 12.9. The summed E-state index contributed by atoms with van der Waals surface area (Å²) in [5, 5.41) is 0. The van der Waals surface area contributed by atoms with E-state index in [-0.39, 0.29) is 9.83 Å². The second-order valence-corrected chi connectivity index (χ2v) is 3.44. The lowest BCUT2D eigenvalue weighted by Gasteiger charge is -2.11.